The Bertz CT molecular complexity index is 338. The van der Waals surface area contributed by atoms with Crippen molar-refractivity contribution in [2.45, 2.75) is 0 Å². The number of nitrogens with one attached hydrogen (secondary N) is 1. The Morgan fingerprint density at radius 3 is 3.33 bits per heavy atom. The molecule has 0 aromatic carbocycles. The molecule has 2 heterocycles. The highest BCUT2D eigenvalue weighted by Crippen LogP contribution is 2.05. The summed E-state index contributed by atoms with van der Waals surface area (Å²) in [5.74, 6) is 0. The number of hydrogen-bond acceptors (Lipinski definition) is 2. The number of nitrogens with zero attached hydrogens (tertiary/aromatic N) is 1. The summed E-state index contributed by atoms with van der Waals surface area (Å²) >= 11 is 1.54. The van der Waals surface area contributed by atoms with Gasteiger partial charge in [-0.2, -0.15) is 0 Å². The molecule has 0 aliphatic heterocycles. The molecule has 0 fully saturated rings. The highest BCUT2D eigenvalue weighted by Gasteiger charge is 1.92. The molecule has 9 heavy (non-hydrogen) atoms. The van der Waals surface area contributed by atoms with Gasteiger partial charge in [0.05, 0.1) is 0 Å². The van der Waals surface area contributed by atoms with Crippen LogP contribution < -0.4 is 5.56 Å². The van der Waals surface area contributed by atoms with E-state index in [1.807, 2.05) is 11.6 Å². The molecule has 0 amide bonds. The van der Waals surface area contributed by atoms with Gasteiger partial charge in [-0.05, 0) is 0 Å². The molecule has 1 N–H and O–H groups in total. The Hall–Kier alpha value is -1.03. The number of aromatic nitrogens is 2. The first kappa shape index (κ1) is 4.81. The monoisotopic (exact) mass is 140 g/mol. The minimum Gasteiger partial charge on any atom is -0.268 e. The number of aromatic amines is 1. The van der Waals surface area contributed by atoms with E-state index in [1.165, 1.54) is 11.3 Å². The fourth-order valence-corrected chi connectivity index (χ4v) is 1.47. The third-order valence-electron chi connectivity index (χ3n) is 1.12. The Morgan fingerprint density at radius 2 is 2.56 bits per heavy atom. The van der Waals surface area contributed by atoms with E-state index in [0.717, 1.165) is 4.83 Å². The van der Waals surface area contributed by atoms with Crippen molar-refractivity contribution in [3.63, 3.8) is 0 Å². The van der Waals surface area contributed by atoms with E-state index in [1.54, 1.807) is 10.6 Å². The fourth-order valence-electron chi connectivity index (χ4n) is 0.750. The lowest BCUT2D eigenvalue weighted by molar-refractivity contribution is 0.952. The number of H-pyrrole nitrogens is 1. The smallest absolute Gasteiger partial charge is 0.265 e. The molecule has 2 aromatic rings. The Kier molecular flexibility index (Phi) is 0.790. The van der Waals surface area contributed by atoms with E-state index in [2.05, 4.69) is 5.10 Å². The van der Waals surface area contributed by atoms with Gasteiger partial charge in [-0.25, -0.2) is 4.52 Å². The largest absolute Gasteiger partial charge is 0.268 e. The first-order valence-electron chi connectivity index (χ1n) is 2.51. The van der Waals surface area contributed by atoms with E-state index in [0.29, 0.717) is 0 Å². The van der Waals surface area contributed by atoms with Gasteiger partial charge in [0.25, 0.3) is 5.56 Å². The molecule has 0 bridgehead atoms. The van der Waals surface area contributed by atoms with E-state index >= 15 is 0 Å². The minimum atomic E-state index is -0.0400. The van der Waals surface area contributed by atoms with Crippen LogP contribution in [-0.2, 0) is 0 Å². The van der Waals surface area contributed by atoms with Crippen LogP contribution in [0.1, 0.15) is 0 Å². The van der Waals surface area contributed by atoms with Crippen LogP contribution in [0.2, 0.25) is 0 Å². The Morgan fingerprint density at radius 1 is 1.67 bits per heavy atom. The number of hydrogen-bond donors (Lipinski definition) is 1. The molecular formula is C5H4N2OS. The average molecular weight is 140 g/mol. The second-order valence-corrected chi connectivity index (χ2v) is 2.66. The van der Waals surface area contributed by atoms with Crippen LogP contribution in [0.15, 0.2) is 22.4 Å². The molecule has 0 unspecified atom stereocenters. The number of rotatable bonds is 0. The van der Waals surface area contributed by atoms with Gasteiger partial charge in [-0.15, -0.1) is 11.3 Å². The molecule has 0 saturated carbocycles. The summed E-state index contributed by atoms with van der Waals surface area (Å²) in [6.07, 6.45) is 1.82. The van der Waals surface area contributed by atoms with Crippen LogP contribution in [-0.4, -0.2) is 9.61 Å². The zero-order valence-electron chi connectivity index (χ0n) is 4.50. The topological polar surface area (TPSA) is 37.3 Å². The van der Waals surface area contributed by atoms with Crippen molar-refractivity contribution in [3.05, 3.63) is 28.0 Å². The van der Waals surface area contributed by atoms with Crippen molar-refractivity contribution in [3.8, 4) is 0 Å². The molecule has 4 heteroatoms. The summed E-state index contributed by atoms with van der Waals surface area (Å²) in [6.45, 7) is 0. The van der Waals surface area contributed by atoms with Crippen LogP contribution >= 0.6 is 11.3 Å². The van der Waals surface area contributed by atoms with Crippen LogP contribution in [0, 0.1) is 0 Å². The second kappa shape index (κ2) is 1.48. The predicted molar refractivity (Wildman–Crippen MR) is 35.9 cm³/mol. The van der Waals surface area contributed by atoms with Crippen LogP contribution in [0.25, 0.3) is 4.83 Å². The second-order valence-electron chi connectivity index (χ2n) is 1.73. The standard InChI is InChI=1S/C5H4N2OS/c8-4-3-5-7(6-4)1-2-9-5/h1-3H,(H,6,8). The lowest BCUT2D eigenvalue weighted by Crippen LogP contribution is -1.97. The van der Waals surface area contributed by atoms with Gasteiger partial charge in [0.2, 0.25) is 0 Å². The van der Waals surface area contributed by atoms with Crippen LogP contribution in [0.5, 0.6) is 0 Å². The number of fused-ring (bicyclic) bond motifs is 1. The molecule has 46 valence electrons. The van der Waals surface area contributed by atoms with Crippen molar-refractivity contribution in [1.82, 2.24) is 9.61 Å². The summed E-state index contributed by atoms with van der Waals surface area (Å²) < 4.78 is 1.70. The lowest BCUT2D eigenvalue weighted by atomic mass is 10.7. The van der Waals surface area contributed by atoms with E-state index in [4.69, 9.17) is 0 Å². The van der Waals surface area contributed by atoms with Crippen molar-refractivity contribution >= 4 is 16.2 Å². The highest BCUT2D eigenvalue weighted by atomic mass is 32.1. The molecule has 0 saturated heterocycles. The SMILES string of the molecule is O=c1cc2sccn2[nH]1. The molecule has 2 rings (SSSR count). The number of thiazole rings is 1. The summed E-state index contributed by atoms with van der Waals surface area (Å²) in [5.41, 5.74) is -0.0400. The molecular weight excluding hydrogens is 136 g/mol. The third-order valence-corrected chi connectivity index (χ3v) is 1.94. The average Bonchev–Trinajstić information content (AvgIpc) is 2.22. The maximum Gasteiger partial charge on any atom is 0.265 e. The van der Waals surface area contributed by atoms with Gasteiger partial charge in [0.1, 0.15) is 4.83 Å². The Balaban J connectivity index is 3.08. The fraction of sp³-hybridized carbons (Fsp3) is 0. The highest BCUT2D eigenvalue weighted by molar-refractivity contribution is 7.15. The van der Waals surface area contributed by atoms with Crippen LogP contribution in [0.4, 0.5) is 0 Å². The van der Waals surface area contributed by atoms with Gasteiger partial charge < -0.3 is 0 Å². The van der Waals surface area contributed by atoms with Gasteiger partial charge >= 0.3 is 0 Å². The zero-order chi connectivity index (χ0) is 6.27. The molecule has 0 aliphatic rings. The first-order valence-corrected chi connectivity index (χ1v) is 3.39. The van der Waals surface area contributed by atoms with Gasteiger partial charge in [0, 0.05) is 17.6 Å². The van der Waals surface area contributed by atoms with Crippen molar-refractivity contribution in [2.75, 3.05) is 0 Å². The summed E-state index contributed by atoms with van der Waals surface area (Å²) in [7, 11) is 0. The quantitative estimate of drug-likeness (QED) is 0.574. The van der Waals surface area contributed by atoms with E-state index in [9.17, 15) is 4.79 Å². The first-order chi connectivity index (χ1) is 4.36. The molecule has 2 aromatic heterocycles. The van der Waals surface area contributed by atoms with Gasteiger partial charge in [0.15, 0.2) is 0 Å². The van der Waals surface area contributed by atoms with Crippen molar-refractivity contribution in [2.24, 2.45) is 0 Å². The van der Waals surface area contributed by atoms with E-state index in [-0.39, 0.29) is 5.56 Å². The minimum absolute atomic E-state index is 0.0400. The third kappa shape index (κ3) is 0.598. The molecule has 0 radical (unpaired) electrons. The predicted octanol–water partition coefficient (Wildman–Crippen LogP) is 0.689. The molecule has 0 spiro atoms. The maximum absolute atomic E-state index is 10.6. The van der Waals surface area contributed by atoms with Crippen LogP contribution in [0.3, 0.4) is 0 Å². The van der Waals surface area contributed by atoms with Gasteiger partial charge in [-0.1, -0.05) is 0 Å². The molecule has 3 nitrogen and oxygen atoms in total. The Labute approximate surface area is 54.5 Å². The molecule has 0 aliphatic carbocycles. The summed E-state index contributed by atoms with van der Waals surface area (Å²) in [4.78, 5) is 11.5. The lowest BCUT2D eigenvalue weighted by Gasteiger charge is -1.74. The summed E-state index contributed by atoms with van der Waals surface area (Å²) in [6, 6.07) is 1.57. The van der Waals surface area contributed by atoms with Gasteiger partial charge in [-0.3, -0.25) is 9.89 Å². The summed E-state index contributed by atoms with van der Waals surface area (Å²) in [5, 5.41) is 4.53. The maximum atomic E-state index is 10.6. The van der Waals surface area contributed by atoms with Crippen molar-refractivity contribution in [1.29, 1.82) is 0 Å². The molecule has 0 atom stereocenters. The normalized spacial score (nSPS) is 10.7. The van der Waals surface area contributed by atoms with E-state index < -0.39 is 0 Å². The van der Waals surface area contributed by atoms with Crippen molar-refractivity contribution < 1.29 is 0 Å². The zero-order valence-corrected chi connectivity index (χ0v) is 5.31.